The van der Waals surface area contributed by atoms with E-state index in [0.717, 1.165) is 37.8 Å². The van der Waals surface area contributed by atoms with E-state index in [-0.39, 0.29) is 35.4 Å². The Kier molecular flexibility index (Phi) is 14.5. The molecule has 1 rings (SSSR count). The highest BCUT2D eigenvalue weighted by atomic mass is 32.1. The molecule has 0 heterocycles. The van der Waals surface area contributed by atoms with Crippen molar-refractivity contribution in [2.75, 3.05) is 13.1 Å². The number of oxime groups is 1. The van der Waals surface area contributed by atoms with E-state index in [1.807, 2.05) is 13.8 Å². The summed E-state index contributed by atoms with van der Waals surface area (Å²) in [6, 6.07) is 0. The van der Waals surface area contributed by atoms with Crippen molar-refractivity contribution in [1.82, 2.24) is 10.6 Å². The van der Waals surface area contributed by atoms with Gasteiger partial charge in [0.25, 0.3) is 0 Å². The van der Waals surface area contributed by atoms with E-state index in [0.29, 0.717) is 24.8 Å². The number of nitrogens with zero attached hydrogens (tertiary/aromatic N) is 1. The minimum Gasteiger partial charge on any atom is -0.411 e. The maximum Gasteiger partial charge on any atom is 0.223 e. The van der Waals surface area contributed by atoms with Gasteiger partial charge in [-0.3, -0.25) is 9.59 Å². The lowest BCUT2D eigenvalue weighted by atomic mass is 9.63. The van der Waals surface area contributed by atoms with Crippen LogP contribution in [0.1, 0.15) is 88.0 Å². The van der Waals surface area contributed by atoms with Gasteiger partial charge in [-0.1, -0.05) is 66.4 Å². The minimum atomic E-state index is -0.173. The molecule has 2 atom stereocenters. The maximum absolute atomic E-state index is 12.0. The van der Waals surface area contributed by atoms with E-state index in [2.05, 4.69) is 63.0 Å². The molecule has 0 saturated heterocycles. The predicted octanol–water partition coefficient (Wildman–Crippen LogP) is 4.62. The molecule has 0 bridgehead atoms. The van der Waals surface area contributed by atoms with Gasteiger partial charge >= 0.3 is 0 Å². The fourth-order valence-corrected chi connectivity index (χ4v) is 4.59. The predicted molar refractivity (Wildman–Crippen MR) is 135 cm³/mol. The lowest BCUT2D eigenvalue weighted by Gasteiger charge is -2.32. The minimum absolute atomic E-state index is 0. The van der Waals surface area contributed by atoms with Crippen LogP contribution in [0, 0.1) is 16.7 Å². The van der Waals surface area contributed by atoms with Gasteiger partial charge in [0.05, 0.1) is 13.6 Å². The number of amides is 2. The summed E-state index contributed by atoms with van der Waals surface area (Å²) in [7, 11) is 5.88. The van der Waals surface area contributed by atoms with Gasteiger partial charge in [-0.05, 0) is 41.8 Å². The van der Waals surface area contributed by atoms with E-state index >= 15 is 0 Å². The van der Waals surface area contributed by atoms with Crippen LogP contribution in [0.25, 0.3) is 0 Å². The lowest BCUT2D eigenvalue weighted by Crippen LogP contribution is -2.38. The van der Waals surface area contributed by atoms with Gasteiger partial charge in [-0.25, -0.2) is 0 Å². The standard InChI is InChI=1S/C13H24N2O2S.C9H18BNO.CH4/c1-9(18)7-13(2,3)8-14-12(16)10-4-5-11(6-10)15-17;1-8(2,6-11-7-12)5-9(3,4)10;/h9-10,17-18H,4-8H2,1-3H3,(H,14,16);7H,5-6H2,1-4H3,(H,11,12);1H4/b15-11-;;. The van der Waals surface area contributed by atoms with Crippen LogP contribution in [0.4, 0.5) is 0 Å². The zero-order chi connectivity index (χ0) is 23.6. The SMILES string of the molecule is C.CC(S)CC(C)(C)CNC(=O)C1CC/C(=N/O)C1.[B]C(C)(C)CC(C)(C)CNC=O. The molecule has 1 aliphatic carbocycles. The molecule has 31 heavy (non-hydrogen) atoms. The zero-order valence-electron chi connectivity index (χ0n) is 19.9. The van der Waals surface area contributed by atoms with Crippen molar-refractivity contribution in [3.05, 3.63) is 0 Å². The van der Waals surface area contributed by atoms with Crippen molar-refractivity contribution >= 4 is 38.5 Å². The Labute approximate surface area is 197 Å². The molecule has 180 valence electrons. The van der Waals surface area contributed by atoms with E-state index in [1.54, 1.807) is 0 Å². The summed E-state index contributed by atoms with van der Waals surface area (Å²) in [6.45, 7) is 15.9. The van der Waals surface area contributed by atoms with Crippen molar-refractivity contribution in [1.29, 1.82) is 0 Å². The van der Waals surface area contributed by atoms with E-state index < -0.39 is 0 Å². The van der Waals surface area contributed by atoms with Crippen LogP contribution < -0.4 is 10.6 Å². The molecule has 0 aromatic carbocycles. The molecule has 2 radical (unpaired) electrons. The van der Waals surface area contributed by atoms with Gasteiger partial charge in [0, 0.05) is 25.4 Å². The fourth-order valence-electron chi connectivity index (χ4n) is 4.10. The average Bonchev–Trinajstić information content (AvgIpc) is 3.04. The highest BCUT2D eigenvalue weighted by molar-refractivity contribution is 7.80. The summed E-state index contributed by atoms with van der Waals surface area (Å²) in [5, 5.41) is 17.7. The largest absolute Gasteiger partial charge is 0.411 e. The van der Waals surface area contributed by atoms with Crippen molar-refractivity contribution in [2.45, 2.75) is 98.6 Å². The van der Waals surface area contributed by atoms with Crippen LogP contribution in [-0.2, 0) is 9.59 Å². The van der Waals surface area contributed by atoms with Crippen LogP contribution in [0.2, 0.25) is 5.31 Å². The quantitative estimate of drug-likeness (QED) is 0.127. The molecule has 6 nitrogen and oxygen atoms in total. The van der Waals surface area contributed by atoms with Crippen molar-refractivity contribution in [3.63, 3.8) is 0 Å². The summed E-state index contributed by atoms with van der Waals surface area (Å²) in [5.74, 6) is 0.0497. The molecule has 2 amide bonds. The van der Waals surface area contributed by atoms with E-state index in [4.69, 9.17) is 13.1 Å². The van der Waals surface area contributed by atoms with Crippen LogP contribution in [0.5, 0.6) is 0 Å². The van der Waals surface area contributed by atoms with Gasteiger partial charge < -0.3 is 15.8 Å². The van der Waals surface area contributed by atoms with Crippen LogP contribution >= 0.6 is 12.6 Å². The number of hydrogen-bond acceptors (Lipinski definition) is 5. The second kappa shape index (κ2) is 14.1. The normalized spacial score (nSPS) is 19.0. The second-order valence-electron chi connectivity index (χ2n) is 10.9. The second-order valence-corrected chi connectivity index (χ2v) is 11.8. The Morgan fingerprint density at radius 3 is 2.26 bits per heavy atom. The molecule has 1 saturated carbocycles. The highest BCUT2D eigenvalue weighted by Crippen LogP contribution is 2.35. The number of rotatable bonds is 10. The number of carbonyl (C=O) groups excluding carboxylic acids is 2. The fraction of sp³-hybridized carbons (Fsp3) is 0.870. The molecule has 1 fully saturated rings. The Bertz CT molecular complexity index is 573. The van der Waals surface area contributed by atoms with Crippen molar-refractivity contribution in [3.8, 4) is 0 Å². The van der Waals surface area contributed by atoms with E-state index in [9.17, 15) is 9.59 Å². The first-order chi connectivity index (χ1) is 13.6. The van der Waals surface area contributed by atoms with Gasteiger partial charge in [0.1, 0.15) is 0 Å². The van der Waals surface area contributed by atoms with Crippen LogP contribution in [0.3, 0.4) is 0 Å². The van der Waals surface area contributed by atoms with Crippen LogP contribution in [-0.4, -0.2) is 49.4 Å². The van der Waals surface area contributed by atoms with Crippen molar-refractivity contribution in [2.24, 2.45) is 21.9 Å². The molecular weight excluding hydrogens is 409 g/mol. The van der Waals surface area contributed by atoms with Gasteiger partial charge in [0.2, 0.25) is 12.3 Å². The summed E-state index contributed by atoms with van der Waals surface area (Å²) in [6.07, 6.45) is 4.68. The zero-order valence-corrected chi connectivity index (χ0v) is 20.8. The van der Waals surface area contributed by atoms with Gasteiger partial charge in [0.15, 0.2) is 0 Å². The molecule has 0 spiro atoms. The molecule has 2 unspecified atom stereocenters. The molecule has 1 aliphatic rings. The molecule has 0 aromatic rings. The third-order valence-electron chi connectivity index (χ3n) is 4.96. The maximum atomic E-state index is 12.0. The first-order valence-corrected chi connectivity index (χ1v) is 11.2. The summed E-state index contributed by atoms with van der Waals surface area (Å²) in [5.41, 5.74) is 0.862. The topological polar surface area (TPSA) is 90.8 Å². The Morgan fingerprint density at radius 1 is 1.26 bits per heavy atom. The van der Waals surface area contributed by atoms with Crippen molar-refractivity contribution < 1.29 is 14.8 Å². The average molecular weight is 456 g/mol. The van der Waals surface area contributed by atoms with E-state index in [1.165, 1.54) is 0 Å². The Morgan fingerprint density at radius 2 is 1.84 bits per heavy atom. The molecule has 0 aliphatic heterocycles. The summed E-state index contributed by atoms with van der Waals surface area (Å²) in [4.78, 5) is 22.0. The molecule has 3 N–H and O–H groups in total. The Balaban J connectivity index is 0. The third kappa shape index (κ3) is 16.2. The number of hydrogen-bond donors (Lipinski definition) is 4. The number of carbonyl (C=O) groups is 2. The smallest absolute Gasteiger partial charge is 0.223 e. The molecule has 0 aromatic heterocycles. The van der Waals surface area contributed by atoms with Gasteiger partial charge in [-0.2, -0.15) is 12.6 Å². The number of thiol groups is 1. The molecule has 8 heteroatoms. The lowest BCUT2D eigenvalue weighted by molar-refractivity contribution is -0.125. The first kappa shape index (κ1) is 32.0. The highest BCUT2D eigenvalue weighted by Gasteiger charge is 2.29. The number of nitrogens with one attached hydrogen (secondary N) is 2. The summed E-state index contributed by atoms with van der Waals surface area (Å²) >= 11 is 4.39. The van der Waals surface area contributed by atoms with Gasteiger partial charge in [-0.15, -0.1) is 0 Å². The third-order valence-corrected chi connectivity index (χ3v) is 5.15. The summed E-state index contributed by atoms with van der Waals surface area (Å²) < 4.78 is 0. The Hall–Kier alpha value is -1.18. The van der Waals surface area contributed by atoms with Crippen LogP contribution in [0.15, 0.2) is 5.16 Å². The monoisotopic (exact) mass is 455 g/mol. The molecular formula is C23H46BN3O3S. The first-order valence-electron chi connectivity index (χ1n) is 10.7.